The van der Waals surface area contributed by atoms with Crippen LogP contribution in [0.1, 0.15) is 60.9 Å². The van der Waals surface area contributed by atoms with Crippen molar-refractivity contribution in [3.8, 4) is 11.5 Å². The third-order valence-corrected chi connectivity index (χ3v) is 4.85. The van der Waals surface area contributed by atoms with E-state index in [-0.39, 0.29) is 11.9 Å². The second kappa shape index (κ2) is 8.85. The summed E-state index contributed by atoms with van der Waals surface area (Å²) in [7, 11) is 1.56. The molecule has 0 spiro atoms. The van der Waals surface area contributed by atoms with Crippen molar-refractivity contribution in [3.05, 3.63) is 35.9 Å². The van der Waals surface area contributed by atoms with Gasteiger partial charge < -0.3 is 25.1 Å². The third kappa shape index (κ3) is 4.39. The maximum absolute atomic E-state index is 12.7. The first-order valence-corrected chi connectivity index (χ1v) is 9.35. The van der Waals surface area contributed by atoms with Gasteiger partial charge in [-0.15, -0.1) is 10.2 Å². The lowest BCUT2D eigenvalue weighted by atomic mass is 10.1. The summed E-state index contributed by atoms with van der Waals surface area (Å²) in [6.45, 7) is 2.65. The Bertz CT molecular complexity index is 770. The number of ether oxygens (including phenoxy) is 2. The summed E-state index contributed by atoms with van der Waals surface area (Å²) in [6, 6.07) is 5.26. The zero-order chi connectivity index (χ0) is 19.2. The van der Waals surface area contributed by atoms with E-state index in [4.69, 9.17) is 15.2 Å². The molecule has 0 saturated heterocycles. The van der Waals surface area contributed by atoms with E-state index >= 15 is 0 Å². The summed E-state index contributed by atoms with van der Waals surface area (Å²) >= 11 is 0. The number of carbonyl (C=O) groups is 1. The van der Waals surface area contributed by atoms with Crippen molar-refractivity contribution in [2.45, 2.75) is 44.7 Å². The van der Waals surface area contributed by atoms with E-state index < -0.39 is 0 Å². The molecule has 1 amide bonds. The molecule has 8 heteroatoms. The molecule has 1 heterocycles. The Morgan fingerprint density at radius 1 is 1.37 bits per heavy atom. The number of benzene rings is 1. The molecule has 1 aromatic carbocycles. The highest BCUT2D eigenvalue weighted by molar-refractivity contribution is 5.95. The molecule has 1 aromatic heterocycles. The number of hydrogen-bond acceptors (Lipinski definition) is 6. The van der Waals surface area contributed by atoms with Gasteiger partial charge in [0.05, 0.1) is 13.2 Å². The van der Waals surface area contributed by atoms with Crippen LogP contribution >= 0.6 is 0 Å². The van der Waals surface area contributed by atoms with E-state index in [1.807, 2.05) is 6.92 Å². The predicted octanol–water partition coefficient (Wildman–Crippen LogP) is 2.23. The van der Waals surface area contributed by atoms with Gasteiger partial charge in [0.2, 0.25) is 0 Å². The number of nitrogens with one attached hydrogen (secondary N) is 1. The van der Waals surface area contributed by atoms with Crippen molar-refractivity contribution >= 4 is 5.91 Å². The number of nitrogens with two attached hydrogens (primary N) is 1. The summed E-state index contributed by atoms with van der Waals surface area (Å²) in [6.07, 6.45) is 6.47. The van der Waals surface area contributed by atoms with Gasteiger partial charge in [-0.1, -0.05) is 12.8 Å². The van der Waals surface area contributed by atoms with Crippen LogP contribution in [0, 0.1) is 0 Å². The van der Waals surface area contributed by atoms with E-state index in [1.54, 1.807) is 31.6 Å². The normalized spacial score (nSPS) is 15.5. The molecule has 3 N–H and O–H groups in total. The Labute approximate surface area is 159 Å². The zero-order valence-corrected chi connectivity index (χ0v) is 15.9. The average Bonchev–Trinajstić information content (AvgIpc) is 3.36. The molecule has 1 atom stereocenters. The SMILES string of the molecule is COc1ccc(C(=O)N[C@@H](C)c2nncn2C2CCCC2)cc1OCCN. The van der Waals surface area contributed by atoms with Crippen molar-refractivity contribution in [1.29, 1.82) is 0 Å². The Balaban J connectivity index is 1.72. The maximum Gasteiger partial charge on any atom is 0.252 e. The topological polar surface area (TPSA) is 104 Å². The minimum atomic E-state index is -0.254. The van der Waals surface area contributed by atoms with Gasteiger partial charge in [0, 0.05) is 18.2 Å². The fourth-order valence-corrected chi connectivity index (χ4v) is 3.47. The maximum atomic E-state index is 12.7. The summed E-state index contributed by atoms with van der Waals surface area (Å²) in [5, 5.41) is 11.3. The van der Waals surface area contributed by atoms with E-state index in [1.165, 1.54) is 12.8 Å². The molecular formula is C19H27N5O3. The Morgan fingerprint density at radius 2 is 2.15 bits per heavy atom. The highest BCUT2D eigenvalue weighted by Crippen LogP contribution is 2.31. The quantitative estimate of drug-likeness (QED) is 0.735. The van der Waals surface area contributed by atoms with Crippen LogP contribution in [0.2, 0.25) is 0 Å². The van der Waals surface area contributed by atoms with Gasteiger partial charge in [0.25, 0.3) is 5.91 Å². The molecule has 2 aromatic rings. The largest absolute Gasteiger partial charge is 0.493 e. The van der Waals surface area contributed by atoms with Crippen molar-refractivity contribution in [1.82, 2.24) is 20.1 Å². The highest BCUT2D eigenvalue weighted by Gasteiger charge is 2.24. The molecule has 8 nitrogen and oxygen atoms in total. The summed E-state index contributed by atoms with van der Waals surface area (Å²) < 4.78 is 12.9. The molecule has 0 radical (unpaired) electrons. The van der Waals surface area contributed by atoms with E-state index in [2.05, 4.69) is 20.1 Å². The minimum absolute atomic E-state index is 0.205. The fourth-order valence-electron chi connectivity index (χ4n) is 3.47. The van der Waals surface area contributed by atoms with Gasteiger partial charge in [-0.2, -0.15) is 0 Å². The summed E-state index contributed by atoms with van der Waals surface area (Å²) in [5.41, 5.74) is 5.98. The number of nitrogens with zero attached hydrogens (tertiary/aromatic N) is 3. The van der Waals surface area contributed by atoms with Gasteiger partial charge in [0.15, 0.2) is 17.3 Å². The highest BCUT2D eigenvalue weighted by atomic mass is 16.5. The van der Waals surface area contributed by atoms with Crippen LogP contribution in [0.25, 0.3) is 0 Å². The van der Waals surface area contributed by atoms with Crippen LogP contribution in [0.15, 0.2) is 24.5 Å². The molecule has 0 aliphatic heterocycles. The first-order valence-electron chi connectivity index (χ1n) is 9.35. The summed E-state index contributed by atoms with van der Waals surface area (Å²) in [4.78, 5) is 12.7. The van der Waals surface area contributed by atoms with E-state index in [9.17, 15) is 4.79 Å². The molecule has 1 fully saturated rings. The second-order valence-corrected chi connectivity index (χ2v) is 6.73. The molecule has 146 valence electrons. The van der Waals surface area contributed by atoms with Gasteiger partial charge in [-0.3, -0.25) is 4.79 Å². The first kappa shape index (κ1) is 19.2. The molecule has 27 heavy (non-hydrogen) atoms. The van der Waals surface area contributed by atoms with Gasteiger partial charge in [-0.05, 0) is 38.0 Å². The van der Waals surface area contributed by atoms with Crippen LogP contribution in [0.3, 0.4) is 0 Å². The average molecular weight is 373 g/mol. The van der Waals surface area contributed by atoms with E-state index in [0.29, 0.717) is 36.3 Å². The third-order valence-electron chi connectivity index (χ3n) is 4.85. The van der Waals surface area contributed by atoms with Gasteiger partial charge >= 0.3 is 0 Å². The van der Waals surface area contributed by atoms with Crippen molar-refractivity contribution in [2.24, 2.45) is 5.73 Å². The molecule has 1 aliphatic carbocycles. The lowest BCUT2D eigenvalue weighted by Crippen LogP contribution is -2.29. The number of carbonyl (C=O) groups excluding carboxylic acids is 1. The molecule has 1 saturated carbocycles. The number of hydrogen-bond donors (Lipinski definition) is 2. The minimum Gasteiger partial charge on any atom is -0.493 e. The predicted molar refractivity (Wildman–Crippen MR) is 101 cm³/mol. The lowest BCUT2D eigenvalue weighted by Gasteiger charge is -2.19. The Hall–Kier alpha value is -2.61. The number of methoxy groups -OCH3 is 1. The standard InChI is InChI=1S/C19H27N5O3/c1-13(18-23-21-12-24(18)15-5-3-4-6-15)22-19(25)14-7-8-16(26-2)17(11-14)27-10-9-20/h7-8,11-13,15H,3-6,9-10,20H2,1-2H3,(H,22,25)/t13-/m0/s1. The van der Waals surface area contributed by atoms with Crippen LogP contribution < -0.4 is 20.5 Å². The van der Waals surface area contributed by atoms with Crippen LogP contribution in [0.5, 0.6) is 11.5 Å². The Morgan fingerprint density at radius 3 is 2.85 bits per heavy atom. The smallest absolute Gasteiger partial charge is 0.252 e. The van der Waals surface area contributed by atoms with Gasteiger partial charge in [0.1, 0.15) is 12.9 Å². The van der Waals surface area contributed by atoms with Crippen LogP contribution in [0.4, 0.5) is 0 Å². The van der Waals surface area contributed by atoms with Gasteiger partial charge in [-0.25, -0.2) is 0 Å². The number of aromatic nitrogens is 3. The first-order chi connectivity index (χ1) is 13.1. The zero-order valence-electron chi connectivity index (χ0n) is 15.9. The van der Waals surface area contributed by atoms with Crippen molar-refractivity contribution in [2.75, 3.05) is 20.3 Å². The number of amides is 1. The molecule has 0 unspecified atom stereocenters. The van der Waals surface area contributed by atoms with Crippen molar-refractivity contribution < 1.29 is 14.3 Å². The van der Waals surface area contributed by atoms with Crippen molar-refractivity contribution in [3.63, 3.8) is 0 Å². The van der Waals surface area contributed by atoms with Crippen LogP contribution in [-0.2, 0) is 0 Å². The van der Waals surface area contributed by atoms with Crippen LogP contribution in [-0.4, -0.2) is 40.9 Å². The molecule has 0 bridgehead atoms. The molecular weight excluding hydrogens is 346 g/mol. The molecule has 1 aliphatic rings. The molecule has 3 rings (SSSR count). The second-order valence-electron chi connectivity index (χ2n) is 6.73. The monoisotopic (exact) mass is 373 g/mol. The Kier molecular flexibility index (Phi) is 6.28. The number of rotatable bonds is 8. The fraction of sp³-hybridized carbons (Fsp3) is 0.526. The summed E-state index contributed by atoms with van der Waals surface area (Å²) in [5.74, 6) is 1.64. The van der Waals surface area contributed by atoms with E-state index in [0.717, 1.165) is 18.7 Å². The lowest BCUT2D eigenvalue weighted by molar-refractivity contribution is 0.0936.